The highest BCUT2D eigenvalue weighted by molar-refractivity contribution is 7.89. The van der Waals surface area contributed by atoms with Gasteiger partial charge in [0.15, 0.2) is 0 Å². The zero-order valence-electron chi connectivity index (χ0n) is 15.3. The van der Waals surface area contributed by atoms with Crippen molar-refractivity contribution in [1.29, 1.82) is 0 Å². The normalized spacial score (nSPS) is 12.4. The standard InChI is InChI=1S/C19H20N4O4S/c1-12(18-21-11-16(23-18)13-6-4-3-5-7-13)22-19(24)15-10-14(28(20,25)26)8-9-17(15)27-2/h3-12H,1-2H3,(H,21,23)(H,22,24)(H2,20,25,26). The number of ether oxygens (including phenoxy) is 1. The summed E-state index contributed by atoms with van der Waals surface area (Å²) in [7, 11) is -2.55. The van der Waals surface area contributed by atoms with Crippen molar-refractivity contribution in [2.45, 2.75) is 17.9 Å². The Kier molecular flexibility index (Phi) is 5.48. The minimum Gasteiger partial charge on any atom is -0.496 e. The lowest BCUT2D eigenvalue weighted by atomic mass is 10.1. The molecule has 1 atom stereocenters. The van der Waals surface area contributed by atoms with E-state index >= 15 is 0 Å². The van der Waals surface area contributed by atoms with Crippen LogP contribution in [0.25, 0.3) is 11.3 Å². The van der Waals surface area contributed by atoms with Gasteiger partial charge in [-0.1, -0.05) is 30.3 Å². The van der Waals surface area contributed by atoms with E-state index in [-0.39, 0.29) is 16.2 Å². The van der Waals surface area contributed by atoms with Crippen molar-refractivity contribution < 1.29 is 17.9 Å². The molecule has 0 bridgehead atoms. The summed E-state index contributed by atoms with van der Waals surface area (Å²) < 4.78 is 28.3. The van der Waals surface area contributed by atoms with Crippen molar-refractivity contribution in [1.82, 2.24) is 15.3 Å². The van der Waals surface area contributed by atoms with E-state index < -0.39 is 22.0 Å². The van der Waals surface area contributed by atoms with Crippen LogP contribution in [0.4, 0.5) is 0 Å². The lowest BCUT2D eigenvalue weighted by Gasteiger charge is -2.14. The highest BCUT2D eigenvalue weighted by Crippen LogP contribution is 2.23. The van der Waals surface area contributed by atoms with Crippen molar-refractivity contribution in [3.8, 4) is 17.0 Å². The van der Waals surface area contributed by atoms with Crippen molar-refractivity contribution in [2.75, 3.05) is 7.11 Å². The van der Waals surface area contributed by atoms with Crippen LogP contribution < -0.4 is 15.2 Å². The van der Waals surface area contributed by atoms with Crippen molar-refractivity contribution in [3.05, 3.63) is 66.1 Å². The third-order valence-electron chi connectivity index (χ3n) is 4.18. The van der Waals surface area contributed by atoms with Crippen LogP contribution in [0.15, 0.2) is 59.6 Å². The van der Waals surface area contributed by atoms with Crippen LogP contribution in [0, 0.1) is 0 Å². The average Bonchev–Trinajstić information content (AvgIpc) is 3.18. The van der Waals surface area contributed by atoms with E-state index in [1.807, 2.05) is 30.3 Å². The van der Waals surface area contributed by atoms with Crippen LogP contribution in [0.2, 0.25) is 0 Å². The fraction of sp³-hybridized carbons (Fsp3) is 0.158. The maximum absolute atomic E-state index is 12.7. The molecule has 4 N–H and O–H groups in total. The first-order valence-electron chi connectivity index (χ1n) is 8.41. The molecule has 0 saturated carbocycles. The lowest BCUT2D eigenvalue weighted by Crippen LogP contribution is -2.28. The smallest absolute Gasteiger partial charge is 0.255 e. The molecule has 0 fully saturated rings. The van der Waals surface area contributed by atoms with Crippen LogP contribution in [-0.2, 0) is 10.0 Å². The predicted octanol–water partition coefficient (Wildman–Crippen LogP) is 2.22. The first-order valence-corrected chi connectivity index (χ1v) is 9.96. The number of primary sulfonamides is 1. The van der Waals surface area contributed by atoms with Gasteiger partial charge < -0.3 is 15.0 Å². The van der Waals surface area contributed by atoms with Gasteiger partial charge in [0.25, 0.3) is 5.91 Å². The minimum absolute atomic E-state index is 0.0655. The van der Waals surface area contributed by atoms with Gasteiger partial charge in [0, 0.05) is 0 Å². The first kappa shape index (κ1) is 19.6. The molecular weight excluding hydrogens is 380 g/mol. The molecule has 1 unspecified atom stereocenters. The molecule has 3 aromatic rings. The Hall–Kier alpha value is -3.17. The maximum Gasteiger partial charge on any atom is 0.255 e. The van der Waals surface area contributed by atoms with Crippen molar-refractivity contribution in [3.63, 3.8) is 0 Å². The molecule has 8 nitrogen and oxygen atoms in total. The average molecular weight is 400 g/mol. The van der Waals surface area contributed by atoms with Crippen LogP contribution in [0.1, 0.15) is 29.1 Å². The molecule has 3 rings (SSSR count). The number of methoxy groups -OCH3 is 1. The van der Waals surface area contributed by atoms with Gasteiger partial charge in [0.05, 0.1) is 35.5 Å². The first-order chi connectivity index (χ1) is 13.3. The molecule has 1 amide bonds. The second-order valence-corrected chi connectivity index (χ2v) is 7.71. The Morgan fingerprint density at radius 2 is 1.93 bits per heavy atom. The largest absolute Gasteiger partial charge is 0.496 e. The maximum atomic E-state index is 12.7. The zero-order valence-corrected chi connectivity index (χ0v) is 16.2. The number of hydrogen-bond donors (Lipinski definition) is 3. The molecule has 9 heteroatoms. The summed E-state index contributed by atoms with van der Waals surface area (Å²) in [5.74, 6) is 0.294. The summed E-state index contributed by atoms with van der Waals surface area (Å²) in [6.07, 6.45) is 1.69. The molecule has 0 spiro atoms. The molecule has 1 aromatic heterocycles. The number of carbonyl (C=O) groups is 1. The van der Waals surface area contributed by atoms with E-state index in [1.54, 1.807) is 13.1 Å². The Morgan fingerprint density at radius 3 is 2.57 bits per heavy atom. The number of aromatic nitrogens is 2. The van der Waals surface area contributed by atoms with Crippen molar-refractivity contribution in [2.24, 2.45) is 5.14 Å². The van der Waals surface area contributed by atoms with Crippen LogP contribution in [0.3, 0.4) is 0 Å². The van der Waals surface area contributed by atoms with Crippen LogP contribution in [-0.4, -0.2) is 31.4 Å². The van der Waals surface area contributed by atoms with Crippen LogP contribution >= 0.6 is 0 Å². The number of rotatable bonds is 6. The van der Waals surface area contributed by atoms with Gasteiger partial charge in [-0.3, -0.25) is 4.79 Å². The molecule has 0 radical (unpaired) electrons. The number of aromatic amines is 1. The quantitative estimate of drug-likeness (QED) is 0.585. The third-order valence-corrected chi connectivity index (χ3v) is 5.09. The van der Waals surface area contributed by atoms with E-state index in [1.165, 1.54) is 25.3 Å². The lowest BCUT2D eigenvalue weighted by molar-refractivity contribution is 0.0935. The second kappa shape index (κ2) is 7.83. The number of sulfonamides is 1. The number of nitrogens with two attached hydrogens (primary N) is 1. The predicted molar refractivity (Wildman–Crippen MR) is 104 cm³/mol. The second-order valence-electron chi connectivity index (χ2n) is 6.15. The third kappa shape index (κ3) is 4.21. The van der Waals surface area contributed by atoms with Crippen molar-refractivity contribution >= 4 is 15.9 Å². The molecule has 0 aliphatic rings. The van der Waals surface area contributed by atoms with E-state index in [0.717, 1.165) is 11.3 Å². The number of amides is 1. The number of hydrogen-bond acceptors (Lipinski definition) is 5. The van der Waals surface area contributed by atoms with Gasteiger partial charge in [0.2, 0.25) is 10.0 Å². The van der Waals surface area contributed by atoms with Crippen LogP contribution in [0.5, 0.6) is 5.75 Å². The molecule has 0 saturated heterocycles. The Morgan fingerprint density at radius 1 is 1.21 bits per heavy atom. The number of nitrogens with zero attached hydrogens (tertiary/aromatic N) is 1. The number of imidazole rings is 1. The minimum atomic E-state index is -3.95. The summed E-state index contributed by atoms with van der Waals surface area (Å²) in [4.78, 5) is 20.0. The van der Waals surface area contributed by atoms with E-state index in [4.69, 9.17) is 9.88 Å². The summed E-state index contributed by atoms with van der Waals surface area (Å²) in [5.41, 5.74) is 1.86. The van der Waals surface area contributed by atoms with E-state index in [2.05, 4.69) is 15.3 Å². The van der Waals surface area contributed by atoms with E-state index in [9.17, 15) is 13.2 Å². The topological polar surface area (TPSA) is 127 Å². The summed E-state index contributed by atoms with van der Waals surface area (Å²) >= 11 is 0. The SMILES string of the molecule is COc1ccc(S(N)(=O)=O)cc1C(=O)NC(C)c1ncc(-c2ccccc2)[nH]1. The summed E-state index contributed by atoms with van der Waals surface area (Å²) in [6.45, 7) is 1.77. The molecule has 28 heavy (non-hydrogen) atoms. The molecule has 0 aliphatic carbocycles. The number of carbonyl (C=O) groups excluding carboxylic acids is 1. The van der Waals surface area contributed by atoms with Gasteiger partial charge in [-0.05, 0) is 30.7 Å². The number of nitrogens with one attached hydrogen (secondary N) is 2. The number of H-pyrrole nitrogens is 1. The zero-order chi connectivity index (χ0) is 20.3. The molecule has 1 heterocycles. The van der Waals surface area contributed by atoms with Gasteiger partial charge in [-0.25, -0.2) is 18.5 Å². The summed E-state index contributed by atoms with van der Waals surface area (Å²) in [5, 5.41) is 7.93. The Balaban J connectivity index is 1.82. The van der Waals surface area contributed by atoms with Gasteiger partial charge in [-0.2, -0.15) is 0 Å². The Labute approximate surface area is 162 Å². The monoisotopic (exact) mass is 400 g/mol. The summed E-state index contributed by atoms with van der Waals surface area (Å²) in [6, 6.07) is 13.1. The van der Waals surface area contributed by atoms with Gasteiger partial charge >= 0.3 is 0 Å². The number of benzene rings is 2. The highest BCUT2D eigenvalue weighted by atomic mass is 32.2. The molecular formula is C19H20N4O4S. The highest BCUT2D eigenvalue weighted by Gasteiger charge is 2.20. The molecule has 2 aromatic carbocycles. The van der Waals surface area contributed by atoms with Gasteiger partial charge in [0.1, 0.15) is 11.6 Å². The Bertz CT molecular complexity index is 1090. The van der Waals surface area contributed by atoms with E-state index in [0.29, 0.717) is 5.82 Å². The van der Waals surface area contributed by atoms with Gasteiger partial charge in [-0.15, -0.1) is 0 Å². The fourth-order valence-corrected chi connectivity index (χ4v) is 3.25. The molecule has 0 aliphatic heterocycles. The fourth-order valence-electron chi connectivity index (χ4n) is 2.71. The molecule has 146 valence electrons.